The van der Waals surface area contributed by atoms with Gasteiger partial charge in [0.2, 0.25) is 17.6 Å². The number of rotatable bonds is 4. The van der Waals surface area contributed by atoms with Crippen molar-refractivity contribution in [1.29, 1.82) is 0 Å². The molecule has 0 aliphatic rings. The Balaban J connectivity index is 1.79. The number of phenols is 1. The fourth-order valence-electron chi connectivity index (χ4n) is 1.82. The van der Waals surface area contributed by atoms with E-state index in [1.807, 2.05) is 6.07 Å². The summed E-state index contributed by atoms with van der Waals surface area (Å²) in [6.07, 6.45) is 0.435. The van der Waals surface area contributed by atoms with Crippen molar-refractivity contribution < 1.29 is 14.4 Å². The molecule has 0 radical (unpaired) electrons. The molecule has 0 amide bonds. The smallest absolute Gasteiger partial charge is 0.233 e. The quantitative estimate of drug-likeness (QED) is 0.781. The van der Waals surface area contributed by atoms with Crippen LogP contribution in [0.4, 0.5) is 0 Å². The Morgan fingerprint density at radius 3 is 2.81 bits per heavy atom. The topological polar surface area (TPSA) is 94.2 Å². The highest BCUT2D eigenvalue weighted by atomic mass is 16.5. The molecule has 0 atom stereocenters. The maximum absolute atomic E-state index is 9.43. The van der Waals surface area contributed by atoms with Gasteiger partial charge in [0.25, 0.3) is 0 Å². The van der Waals surface area contributed by atoms with Crippen molar-refractivity contribution in [3.05, 3.63) is 47.9 Å². The van der Waals surface area contributed by atoms with Crippen molar-refractivity contribution in [1.82, 2.24) is 20.3 Å². The lowest BCUT2D eigenvalue weighted by Gasteiger charge is -1.97. The molecule has 2 heterocycles. The molecule has 106 valence electrons. The standard InChI is InChI=1S/C14H12N4O3/c1-20-12-6-5-11(16-17-12)14-15-13(21-18-14)8-9-3-2-4-10(19)7-9/h2-7,19H,8H2,1H3. The molecule has 0 fully saturated rings. The predicted molar refractivity (Wildman–Crippen MR) is 72.8 cm³/mol. The number of nitrogens with zero attached hydrogens (tertiary/aromatic N) is 4. The Morgan fingerprint density at radius 2 is 2.10 bits per heavy atom. The van der Waals surface area contributed by atoms with Crippen LogP contribution in [0.15, 0.2) is 40.9 Å². The molecule has 1 N–H and O–H groups in total. The van der Waals surface area contributed by atoms with Gasteiger partial charge in [-0.1, -0.05) is 17.3 Å². The first-order valence-electron chi connectivity index (χ1n) is 6.23. The van der Waals surface area contributed by atoms with Crippen molar-refractivity contribution in [3.8, 4) is 23.1 Å². The molecule has 0 aliphatic heterocycles. The number of hydrogen-bond acceptors (Lipinski definition) is 7. The van der Waals surface area contributed by atoms with E-state index in [0.29, 0.717) is 29.7 Å². The minimum absolute atomic E-state index is 0.202. The number of hydrogen-bond donors (Lipinski definition) is 1. The first-order chi connectivity index (χ1) is 10.2. The molecular formula is C14H12N4O3. The third kappa shape index (κ3) is 2.97. The Bertz CT molecular complexity index is 740. The van der Waals surface area contributed by atoms with Crippen molar-refractivity contribution >= 4 is 0 Å². The molecule has 21 heavy (non-hydrogen) atoms. The molecule has 0 unspecified atom stereocenters. The van der Waals surface area contributed by atoms with Gasteiger partial charge in [0.1, 0.15) is 11.4 Å². The van der Waals surface area contributed by atoms with Crippen LogP contribution in [0.2, 0.25) is 0 Å². The normalized spacial score (nSPS) is 10.5. The summed E-state index contributed by atoms with van der Waals surface area (Å²) in [7, 11) is 1.52. The monoisotopic (exact) mass is 284 g/mol. The van der Waals surface area contributed by atoms with Gasteiger partial charge in [0, 0.05) is 6.07 Å². The maximum Gasteiger partial charge on any atom is 0.233 e. The highest BCUT2D eigenvalue weighted by Gasteiger charge is 2.11. The van der Waals surface area contributed by atoms with Crippen LogP contribution >= 0.6 is 0 Å². The maximum atomic E-state index is 9.43. The number of ether oxygens (including phenoxy) is 1. The zero-order valence-corrected chi connectivity index (χ0v) is 11.2. The first-order valence-corrected chi connectivity index (χ1v) is 6.23. The van der Waals surface area contributed by atoms with E-state index < -0.39 is 0 Å². The SMILES string of the molecule is COc1ccc(-c2noc(Cc3cccc(O)c3)n2)nn1. The Morgan fingerprint density at radius 1 is 1.19 bits per heavy atom. The van der Waals surface area contributed by atoms with E-state index in [-0.39, 0.29) is 5.75 Å². The van der Waals surface area contributed by atoms with Crippen LogP contribution in [0.1, 0.15) is 11.5 Å². The summed E-state index contributed by atoms with van der Waals surface area (Å²) < 4.78 is 10.1. The van der Waals surface area contributed by atoms with Crippen molar-refractivity contribution in [2.75, 3.05) is 7.11 Å². The van der Waals surface area contributed by atoms with Gasteiger partial charge in [-0.2, -0.15) is 4.98 Å². The number of methoxy groups -OCH3 is 1. The van der Waals surface area contributed by atoms with E-state index in [0.717, 1.165) is 5.56 Å². The molecule has 1 aromatic carbocycles. The lowest BCUT2D eigenvalue weighted by Crippen LogP contribution is -1.93. The van der Waals surface area contributed by atoms with Gasteiger partial charge < -0.3 is 14.4 Å². The first kappa shape index (κ1) is 13.0. The second-order valence-corrected chi connectivity index (χ2v) is 4.32. The van der Waals surface area contributed by atoms with Crippen LogP contribution in [0.5, 0.6) is 11.6 Å². The Kier molecular flexibility index (Phi) is 3.46. The fraction of sp³-hybridized carbons (Fsp3) is 0.143. The molecule has 3 aromatic rings. The second-order valence-electron chi connectivity index (χ2n) is 4.32. The Hall–Kier alpha value is -2.96. The van der Waals surface area contributed by atoms with E-state index in [1.54, 1.807) is 30.3 Å². The molecule has 3 rings (SSSR count). The van der Waals surface area contributed by atoms with E-state index in [4.69, 9.17) is 9.26 Å². The van der Waals surface area contributed by atoms with Crippen LogP contribution in [0, 0.1) is 0 Å². The summed E-state index contributed by atoms with van der Waals surface area (Å²) in [5.74, 6) is 1.42. The molecule has 0 spiro atoms. The van der Waals surface area contributed by atoms with E-state index in [9.17, 15) is 5.11 Å². The molecule has 0 saturated carbocycles. The summed E-state index contributed by atoms with van der Waals surface area (Å²) in [4.78, 5) is 4.26. The molecular weight excluding hydrogens is 272 g/mol. The highest BCUT2D eigenvalue weighted by molar-refractivity contribution is 5.47. The summed E-state index contributed by atoms with van der Waals surface area (Å²) >= 11 is 0. The van der Waals surface area contributed by atoms with E-state index in [2.05, 4.69) is 20.3 Å². The van der Waals surface area contributed by atoms with Crippen LogP contribution in [0.25, 0.3) is 11.5 Å². The molecule has 0 saturated heterocycles. The zero-order valence-electron chi connectivity index (χ0n) is 11.2. The summed E-state index contributed by atoms with van der Waals surface area (Å²) in [6.45, 7) is 0. The van der Waals surface area contributed by atoms with Gasteiger partial charge in [-0.3, -0.25) is 0 Å². The van der Waals surface area contributed by atoms with Gasteiger partial charge in [0.05, 0.1) is 13.5 Å². The zero-order chi connectivity index (χ0) is 14.7. The van der Waals surface area contributed by atoms with E-state index >= 15 is 0 Å². The molecule has 7 nitrogen and oxygen atoms in total. The van der Waals surface area contributed by atoms with E-state index in [1.165, 1.54) is 7.11 Å². The van der Waals surface area contributed by atoms with Crippen molar-refractivity contribution in [3.63, 3.8) is 0 Å². The number of phenolic OH excluding ortho intramolecular Hbond substituents is 1. The second kappa shape index (κ2) is 5.58. The number of benzene rings is 1. The van der Waals surface area contributed by atoms with Crippen LogP contribution in [-0.4, -0.2) is 32.6 Å². The summed E-state index contributed by atoms with van der Waals surface area (Å²) in [6, 6.07) is 10.3. The van der Waals surface area contributed by atoms with Gasteiger partial charge in [-0.25, -0.2) is 0 Å². The van der Waals surface area contributed by atoms with Crippen LogP contribution in [-0.2, 0) is 6.42 Å². The third-order valence-electron chi connectivity index (χ3n) is 2.81. The lowest BCUT2D eigenvalue weighted by atomic mass is 10.1. The average molecular weight is 284 g/mol. The predicted octanol–water partition coefficient (Wildman–Crippen LogP) is 1.83. The van der Waals surface area contributed by atoms with Crippen LogP contribution < -0.4 is 4.74 Å². The largest absolute Gasteiger partial charge is 0.508 e. The molecule has 2 aromatic heterocycles. The summed E-state index contributed by atoms with van der Waals surface area (Å²) in [5.41, 5.74) is 1.38. The fourth-order valence-corrected chi connectivity index (χ4v) is 1.82. The van der Waals surface area contributed by atoms with Gasteiger partial charge in [-0.05, 0) is 23.8 Å². The minimum atomic E-state index is 0.202. The number of aromatic hydroxyl groups is 1. The highest BCUT2D eigenvalue weighted by Crippen LogP contribution is 2.17. The van der Waals surface area contributed by atoms with Gasteiger partial charge in [-0.15, -0.1) is 10.2 Å². The van der Waals surface area contributed by atoms with Gasteiger partial charge >= 0.3 is 0 Å². The summed E-state index contributed by atoms with van der Waals surface area (Å²) in [5, 5.41) is 21.1. The Labute approximate surface area is 120 Å². The molecule has 0 aliphatic carbocycles. The molecule has 0 bridgehead atoms. The van der Waals surface area contributed by atoms with Crippen molar-refractivity contribution in [2.45, 2.75) is 6.42 Å². The average Bonchev–Trinajstić information content (AvgIpc) is 2.96. The lowest BCUT2D eigenvalue weighted by molar-refractivity contribution is 0.384. The molecule has 7 heteroatoms. The number of aromatic nitrogens is 4. The van der Waals surface area contributed by atoms with Gasteiger partial charge in [0.15, 0.2) is 0 Å². The third-order valence-corrected chi connectivity index (χ3v) is 2.81. The minimum Gasteiger partial charge on any atom is -0.508 e. The van der Waals surface area contributed by atoms with Crippen LogP contribution in [0.3, 0.4) is 0 Å². The van der Waals surface area contributed by atoms with Crippen molar-refractivity contribution in [2.24, 2.45) is 0 Å².